The molecule has 82 valence electrons. The molecule has 2 N–H and O–H groups in total. The Labute approximate surface area is 91.3 Å². The van der Waals surface area contributed by atoms with E-state index in [-0.39, 0.29) is 0 Å². The monoisotopic (exact) mass is 205 g/mol. The standard InChI is InChI=1S/C12H19N3/c1-10-4-6-15(9-12(10)13)8-11-3-2-5-14-7-11/h2-3,5,7,10,12H,4,6,8-9,13H2,1H3. The first kappa shape index (κ1) is 10.6. The molecule has 0 aromatic carbocycles. The van der Waals surface area contributed by atoms with E-state index in [4.69, 9.17) is 5.73 Å². The van der Waals surface area contributed by atoms with Crippen LogP contribution in [0.3, 0.4) is 0 Å². The largest absolute Gasteiger partial charge is 0.326 e. The van der Waals surface area contributed by atoms with Gasteiger partial charge in [0.1, 0.15) is 0 Å². The summed E-state index contributed by atoms with van der Waals surface area (Å²) in [6, 6.07) is 4.44. The fourth-order valence-corrected chi connectivity index (χ4v) is 2.06. The highest BCUT2D eigenvalue weighted by Crippen LogP contribution is 2.17. The molecule has 3 nitrogen and oxygen atoms in total. The summed E-state index contributed by atoms with van der Waals surface area (Å²) in [5.41, 5.74) is 7.34. The first-order valence-electron chi connectivity index (χ1n) is 5.62. The molecule has 15 heavy (non-hydrogen) atoms. The molecular weight excluding hydrogens is 186 g/mol. The van der Waals surface area contributed by atoms with Gasteiger partial charge in [0.2, 0.25) is 0 Å². The van der Waals surface area contributed by atoms with Crippen LogP contribution < -0.4 is 5.73 Å². The highest BCUT2D eigenvalue weighted by Gasteiger charge is 2.22. The fraction of sp³-hybridized carbons (Fsp3) is 0.583. The Kier molecular flexibility index (Phi) is 3.34. The maximum atomic E-state index is 6.07. The van der Waals surface area contributed by atoms with Crippen LogP contribution in [-0.2, 0) is 6.54 Å². The van der Waals surface area contributed by atoms with Crippen molar-refractivity contribution in [1.29, 1.82) is 0 Å². The van der Waals surface area contributed by atoms with Crippen LogP contribution in [0.2, 0.25) is 0 Å². The van der Waals surface area contributed by atoms with Gasteiger partial charge in [-0.2, -0.15) is 0 Å². The molecule has 0 saturated carbocycles. The normalized spacial score (nSPS) is 27.9. The van der Waals surface area contributed by atoms with E-state index < -0.39 is 0 Å². The molecule has 1 aliphatic rings. The van der Waals surface area contributed by atoms with Gasteiger partial charge in [-0.05, 0) is 30.5 Å². The van der Waals surface area contributed by atoms with Crippen LogP contribution in [0.25, 0.3) is 0 Å². The number of rotatable bonds is 2. The summed E-state index contributed by atoms with van der Waals surface area (Å²) >= 11 is 0. The van der Waals surface area contributed by atoms with E-state index >= 15 is 0 Å². The summed E-state index contributed by atoms with van der Waals surface area (Å²) in [6.07, 6.45) is 4.96. The van der Waals surface area contributed by atoms with Gasteiger partial charge in [0.15, 0.2) is 0 Å². The zero-order valence-corrected chi connectivity index (χ0v) is 9.26. The van der Waals surface area contributed by atoms with Crippen LogP contribution in [0.5, 0.6) is 0 Å². The lowest BCUT2D eigenvalue weighted by atomic mass is 9.94. The minimum Gasteiger partial charge on any atom is -0.326 e. The molecular formula is C12H19N3. The lowest BCUT2D eigenvalue weighted by Gasteiger charge is -2.34. The molecule has 2 unspecified atom stereocenters. The summed E-state index contributed by atoms with van der Waals surface area (Å²) in [7, 11) is 0. The number of likely N-dealkylation sites (tertiary alicyclic amines) is 1. The van der Waals surface area contributed by atoms with Gasteiger partial charge in [-0.3, -0.25) is 9.88 Å². The quantitative estimate of drug-likeness (QED) is 0.790. The molecule has 3 heteroatoms. The Balaban J connectivity index is 1.91. The Morgan fingerprint density at radius 3 is 3.13 bits per heavy atom. The summed E-state index contributed by atoms with van der Waals surface area (Å²) in [6.45, 7) is 5.39. The predicted molar refractivity (Wildman–Crippen MR) is 61.3 cm³/mol. The van der Waals surface area contributed by atoms with E-state index in [0.717, 1.165) is 19.6 Å². The molecule has 1 aliphatic heterocycles. The van der Waals surface area contributed by atoms with E-state index in [2.05, 4.69) is 22.9 Å². The molecule has 1 fully saturated rings. The Morgan fingerprint density at radius 2 is 2.47 bits per heavy atom. The number of pyridine rings is 1. The van der Waals surface area contributed by atoms with Crippen LogP contribution in [-0.4, -0.2) is 29.0 Å². The first-order valence-corrected chi connectivity index (χ1v) is 5.62. The number of aromatic nitrogens is 1. The second-order valence-electron chi connectivity index (χ2n) is 4.53. The number of hydrogen-bond acceptors (Lipinski definition) is 3. The van der Waals surface area contributed by atoms with Crippen LogP contribution in [0, 0.1) is 5.92 Å². The van der Waals surface area contributed by atoms with Crippen molar-refractivity contribution in [3.63, 3.8) is 0 Å². The van der Waals surface area contributed by atoms with Crippen molar-refractivity contribution in [2.45, 2.75) is 25.9 Å². The molecule has 0 aliphatic carbocycles. The van der Waals surface area contributed by atoms with Crippen molar-refractivity contribution in [3.8, 4) is 0 Å². The van der Waals surface area contributed by atoms with Gasteiger partial charge < -0.3 is 5.73 Å². The molecule has 0 radical (unpaired) electrons. The van der Waals surface area contributed by atoms with Gasteiger partial charge in [0.05, 0.1) is 0 Å². The van der Waals surface area contributed by atoms with E-state index in [0.29, 0.717) is 12.0 Å². The number of piperidine rings is 1. The van der Waals surface area contributed by atoms with Crippen molar-refractivity contribution in [3.05, 3.63) is 30.1 Å². The third-order valence-electron chi connectivity index (χ3n) is 3.23. The van der Waals surface area contributed by atoms with Gasteiger partial charge in [0.25, 0.3) is 0 Å². The SMILES string of the molecule is CC1CCN(Cc2cccnc2)CC1N. The van der Waals surface area contributed by atoms with Gasteiger partial charge in [-0.1, -0.05) is 13.0 Å². The lowest BCUT2D eigenvalue weighted by molar-refractivity contribution is 0.162. The van der Waals surface area contributed by atoms with E-state index in [1.165, 1.54) is 12.0 Å². The minimum absolute atomic E-state index is 0.329. The third-order valence-corrected chi connectivity index (χ3v) is 3.23. The maximum absolute atomic E-state index is 6.07. The summed E-state index contributed by atoms with van der Waals surface area (Å²) < 4.78 is 0. The van der Waals surface area contributed by atoms with Crippen molar-refractivity contribution in [1.82, 2.24) is 9.88 Å². The maximum Gasteiger partial charge on any atom is 0.0312 e. The molecule has 2 atom stereocenters. The molecule has 0 amide bonds. The van der Waals surface area contributed by atoms with Gasteiger partial charge >= 0.3 is 0 Å². The minimum atomic E-state index is 0.329. The van der Waals surface area contributed by atoms with Crippen LogP contribution in [0.15, 0.2) is 24.5 Å². The van der Waals surface area contributed by atoms with Crippen LogP contribution in [0.1, 0.15) is 18.9 Å². The Morgan fingerprint density at radius 1 is 1.60 bits per heavy atom. The van der Waals surface area contributed by atoms with Gasteiger partial charge in [-0.15, -0.1) is 0 Å². The smallest absolute Gasteiger partial charge is 0.0312 e. The highest BCUT2D eigenvalue weighted by atomic mass is 15.1. The molecule has 1 aromatic rings. The summed E-state index contributed by atoms with van der Waals surface area (Å²) in [5.74, 6) is 0.662. The zero-order valence-electron chi connectivity index (χ0n) is 9.26. The highest BCUT2D eigenvalue weighted by molar-refractivity contribution is 5.08. The fourth-order valence-electron chi connectivity index (χ4n) is 2.06. The molecule has 1 saturated heterocycles. The Hall–Kier alpha value is -0.930. The average molecular weight is 205 g/mol. The lowest BCUT2D eigenvalue weighted by Crippen LogP contribution is -2.47. The molecule has 0 spiro atoms. The number of hydrogen-bond donors (Lipinski definition) is 1. The molecule has 2 heterocycles. The summed E-state index contributed by atoms with van der Waals surface area (Å²) in [5, 5.41) is 0. The second-order valence-corrected chi connectivity index (χ2v) is 4.53. The second kappa shape index (κ2) is 4.73. The van der Waals surface area contributed by atoms with Crippen molar-refractivity contribution >= 4 is 0 Å². The predicted octanol–water partition coefficient (Wildman–Crippen LogP) is 1.25. The van der Waals surface area contributed by atoms with Crippen molar-refractivity contribution < 1.29 is 0 Å². The topological polar surface area (TPSA) is 42.2 Å². The van der Waals surface area contributed by atoms with Gasteiger partial charge in [-0.25, -0.2) is 0 Å². The van der Waals surface area contributed by atoms with Crippen molar-refractivity contribution in [2.24, 2.45) is 11.7 Å². The van der Waals surface area contributed by atoms with Gasteiger partial charge in [0, 0.05) is 31.5 Å². The molecule has 0 bridgehead atoms. The molecule has 1 aromatic heterocycles. The van der Waals surface area contributed by atoms with Crippen LogP contribution in [0.4, 0.5) is 0 Å². The third kappa shape index (κ3) is 2.76. The Bertz CT molecular complexity index is 299. The molecule has 2 rings (SSSR count). The number of nitrogens with two attached hydrogens (primary N) is 1. The summed E-state index contributed by atoms with van der Waals surface area (Å²) in [4.78, 5) is 6.54. The van der Waals surface area contributed by atoms with E-state index in [1.807, 2.05) is 18.5 Å². The first-order chi connectivity index (χ1) is 7.25. The number of nitrogens with zero attached hydrogens (tertiary/aromatic N) is 2. The van der Waals surface area contributed by atoms with E-state index in [1.54, 1.807) is 0 Å². The van der Waals surface area contributed by atoms with E-state index in [9.17, 15) is 0 Å². The average Bonchev–Trinajstić information content (AvgIpc) is 2.25. The van der Waals surface area contributed by atoms with Crippen LogP contribution >= 0.6 is 0 Å². The van der Waals surface area contributed by atoms with Crippen molar-refractivity contribution in [2.75, 3.05) is 13.1 Å². The zero-order chi connectivity index (χ0) is 10.7.